The molecule has 1 aromatic carbocycles. The lowest BCUT2D eigenvalue weighted by atomic mass is 10.0. The first kappa shape index (κ1) is 34.8. The van der Waals surface area contributed by atoms with E-state index in [1.165, 1.54) is 82.6 Å². The van der Waals surface area contributed by atoms with Crippen molar-refractivity contribution >= 4 is 14.6 Å². The molecule has 0 aliphatic rings. The van der Waals surface area contributed by atoms with Crippen molar-refractivity contribution in [3.63, 3.8) is 0 Å². The molecule has 1 N–H and O–H groups in total. The molecule has 0 fully saturated rings. The van der Waals surface area contributed by atoms with Gasteiger partial charge in [0.05, 0.1) is 13.2 Å². The zero-order valence-electron chi connectivity index (χ0n) is 24.5. The van der Waals surface area contributed by atoms with Crippen molar-refractivity contribution in [2.75, 3.05) is 40.5 Å². The van der Waals surface area contributed by atoms with Crippen molar-refractivity contribution in [2.24, 2.45) is 0 Å². The third-order valence-corrected chi connectivity index (χ3v) is 7.12. The number of hydrogen-bond donors (Lipinski definition) is 1. The van der Waals surface area contributed by atoms with Crippen molar-refractivity contribution < 1.29 is 28.2 Å². The maximum Gasteiger partial charge on any atom is 0.330 e. The van der Waals surface area contributed by atoms with Crippen LogP contribution in [-0.4, -0.2) is 62.3 Å². The number of carbonyl (C=O) groups excluding carboxylic acids is 1. The van der Waals surface area contributed by atoms with Crippen molar-refractivity contribution in [3.05, 3.63) is 29.8 Å². The highest BCUT2D eigenvalue weighted by atomic mass is 31.2. The summed E-state index contributed by atoms with van der Waals surface area (Å²) in [4.78, 5) is 23.8. The molecule has 0 aliphatic heterocycles. The summed E-state index contributed by atoms with van der Waals surface area (Å²) in [5, 5.41) is 0. The highest BCUT2D eigenvalue weighted by Gasteiger charge is 2.18. The predicted octanol–water partition coefficient (Wildman–Crippen LogP) is 7.44. The summed E-state index contributed by atoms with van der Waals surface area (Å²) in [7, 11) is 1.82. The van der Waals surface area contributed by atoms with E-state index >= 15 is 0 Å². The van der Waals surface area contributed by atoms with E-state index in [0.717, 1.165) is 12.2 Å². The number of rotatable bonds is 25. The minimum atomic E-state index is -2.03. The second kappa shape index (κ2) is 23.6. The first-order valence-corrected chi connectivity index (χ1v) is 15.9. The summed E-state index contributed by atoms with van der Waals surface area (Å²) < 4.78 is 22.0. The first-order chi connectivity index (χ1) is 18.4. The SMILES string of the molecule is CCCCCCCCCCCCCCc1cccc(OCC(COP(O)OCCN(C)C)OC(=O)CC)c1. The Balaban J connectivity index is 2.29. The Morgan fingerprint density at radius 3 is 2.13 bits per heavy atom. The van der Waals surface area contributed by atoms with Crippen LogP contribution in [0.25, 0.3) is 0 Å². The third kappa shape index (κ3) is 19.8. The molecule has 0 aromatic heterocycles. The molecule has 0 spiro atoms. The maximum atomic E-state index is 11.8. The highest BCUT2D eigenvalue weighted by molar-refractivity contribution is 7.40. The van der Waals surface area contributed by atoms with Gasteiger partial charge in [-0.25, -0.2) is 0 Å². The van der Waals surface area contributed by atoms with Gasteiger partial charge in [-0.05, 0) is 44.6 Å². The summed E-state index contributed by atoms with van der Waals surface area (Å²) >= 11 is 0. The van der Waals surface area contributed by atoms with Gasteiger partial charge < -0.3 is 28.3 Å². The van der Waals surface area contributed by atoms with Gasteiger partial charge in [-0.2, -0.15) is 0 Å². The molecule has 0 bridgehead atoms. The molecule has 0 saturated heterocycles. The lowest BCUT2D eigenvalue weighted by molar-refractivity contribution is -0.152. The molecular weight excluding hydrogens is 501 g/mol. The molecule has 0 heterocycles. The summed E-state index contributed by atoms with van der Waals surface area (Å²) in [6, 6.07) is 8.10. The Bertz CT molecular complexity index is 705. The van der Waals surface area contributed by atoms with Crippen LogP contribution < -0.4 is 4.74 Å². The van der Waals surface area contributed by atoms with E-state index in [0.29, 0.717) is 13.2 Å². The summed E-state index contributed by atoms with van der Waals surface area (Å²) in [6.07, 6.45) is 16.8. The molecule has 0 aliphatic carbocycles. The molecule has 1 aromatic rings. The Kier molecular flexibility index (Phi) is 21.6. The molecule has 0 saturated carbocycles. The largest absolute Gasteiger partial charge is 0.490 e. The van der Waals surface area contributed by atoms with E-state index in [2.05, 4.69) is 19.1 Å². The minimum absolute atomic E-state index is 0.00839. The fraction of sp³-hybridized carbons (Fsp3) is 0.767. The first-order valence-electron chi connectivity index (χ1n) is 14.7. The van der Waals surface area contributed by atoms with Gasteiger partial charge in [0.25, 0.3) is 0 Å². The van der Waals surface area contributed by atoms with Gasteiger partial charge in [-0.3, -0.25) is 4.79 Å². The zero-order valence-corrected chi connectivity index (χ0v) is 25.4. The molecule has 0 amide bonds. The van der Waals surface area contributed by atoms with E-state index in [1.807, 2.05) is 31.1 Å². The number of benzene rings is 1. The standard InChI is InChI=1S/C30H54NO6P/c1-5-7-8-9-10-11-12-13-14-15-16-17-19-27-20-18-21-28(24-27)34-25-29(37-30(32)6-2)26-36-38(33)35-23-22-31(3)4/h18,20-21,24,29,33H,5-17,19,22-23,25-26H2,1-4H3. The Morgan fingerprint density at radius 1 is 0.895 bits per heavy atom. The second-order valence-corrected chi connectivity index (χ2v) is 11.2. The normalized spacial score (nSPS) is 13.0. The molecule has 1 rings (SSSR count). The van der Waals surface area contributed by atoms with E-state index in [4.69, 9.17) is 18.5 Å². The zero-order chi connectivity index (χ0) is 27.8. The monoisotopic (exact) mass is 555 g/mol. The number of hydrogen-bond acceptors (Lipinski definition) is 7. The topological polar surface area (TPSA) is 77.5 Å². The molecule has 38 heavy (non-hydrogen) atoms. The van der Waals surface area contributed by atoms with Crippen LogP contribution in [0.2, 0.25) is 0 Å². The van der Waals surface area contributed by atoms with Gasteiger partial charge in [0.2, 0.25) is 0 Å². The van der Waals surface area contributed by atoms with Crippen LogP contribution in [0, 0.1) is 0 Å². The van der Waals surface area contributed by atoms with Crippen molar-refractivity contribution in [1.82, 2.24) is 4.90 Å². The Morgan fingerprint density at radius 2 is 1.53 bits per heavy atom. The van der Waals surface area contributed by atoms with E-state index in [-0.39, 0.29) is 25.6 Å². The van der Waals surface area contributed by atoms with Crippen LogP contribution in [0.15, 0.2) is 24.3 Å². The maximum absolute atomic E-state index is 11.8. The van der Waals surface area contributed by atoms with Crippen LogP contribution in [-0.2, 0) is 25.0 Å². The summed E-state index contributed by atoms with van der Waals surface area (Å²) in [5.41, 5.74) is 1.25. The van der Waals surface area contributed by atoms with Crippen LogP contribution >= 0.6 is 8.60 Å². The molecule has 8 heteroatoms. The fourth-order valence-electron chi connectivity index (χ4n) is 4.02. The lowest BCUT2D eigenvalue weighted by Crippen LogP contribution is -2.29. The van der Waals surface area contributed by atoms with Crippen molar-refractivity contribution in [1.29, 1.82) is 0 Å². The Labute approximate surface area is 233 Å². The fourth-order valence-corrected chi connectivity index (χ4v) is 4.63. The number of aryl methyl sites for hydroxylation is 1. The average molecular weight is 556 g/mol. The van der Waals surface area contributed by atoms with Crippen LogP contribution in [0.4, 0.5) is 0 Å². The van der Waals surface area contributed by atoms with Gasteiger partial charge in [0.15, 0.2) is 6.10 Å². The molecule has 7 nitrogen and oxygen atoms in total. The van der Waals surface area contributed by atoms with Crippen LogP contribution in [0.3, 0.4) is 0 Å². The van der Waals surface area contributed by atoms with E-state index < -0.39 is 14.7 Å². The lowest BCUT2D eigenvalue weighted by Gasteiger charge is -2.20. The molecule has 220 valence electrons. The molecule has 2 atom stereocenters. The van der Waals surface area contributed by atoms with E-state index in [1.54, 1.807) is 6.92 Å². The molecule has 2 unspecified atom stereocenters. The number of esters is 1. The predicted molar refractivity (Wildman–Crippen MR) is 156 cm³/mol. The summed E-state index contributed by atoms with van der Waals surface area (Å²) in [5.74, 6) is 0.409. The highest BCUT2D eigenvalue weighted by Crippen LogP contribution is 2.32. The smallest absolute Gasteiger partial charge is 0.330 e. The summed E-state index contributed by atoms with van der Waals surface area (Å²) in [6.45, 7) is 5.20. The molecule has 0 radical (unpaired) electrons. The van der Waals surface area contributed by atoms with Crippen molar-refractivity contribution in [3.8, 4) is 5.75 Å². The Hall–Kier alpha value is -1.24. The van der Waals surface area contributed by atoms with Gasteiger partial charge in [0.1, 0.15) is 12.4 Å². The van der Waals surface area contributed by atoms with Crippen LogP contribution in [0.1, 0.15) is 103 Å². The quantitative estimate of drug-likeness (QED) is 0.0763. The second-order valence-electron chi connectivity index (χ2n) is 10.2. The van der Waals surface area contributed by atoms with E-state index in [9.17, 15) is 9.69 Å². The third-order valence-electron chi connectivity index (χ3n) is 6.35. The number of carbonyl (C=O) groups is 1. The van der Waals surface area contributed by atoms with Gasteiger partial charge in [-0.1, -0.05) is 96.6 Å². The van der Waals surface area contributed by atoms with Gasteiger partial charge in [0, 0.05) is 13.0 Å². The molecular formula is C30H54NO6P. The number of nitrogens with zero attached hydrogens (tertiary/aromatic N) is 1. The van der Waals surface area contributed by atoms with Crippen LogP contribution in [0.5, 0.6) is 5.75 Å². The van der Waals surface area contributed by atoms with Crippen molar-refractivity contribution in [2.45, 2.75) is 110 Å². The minimum Gasteiger partial charge on any atom is -0.490 e. The number of unbranched alkanes of at least 4 members (excludes halogenated alkanes) is 11. The number of likely N-dealkylation sites (N-methyl/N-ethyl adjacent to an activating group) is 1. The van der Waals surface area contributed by atoms with Gasteiger partial charge in [-0.15, -0.1) is 0 Å². The number of ether oxygens (including phenoxy) is 2. The average Bonchev–Trinajstić information content (AvgIpc) is 2.90. The van der Waals surface area contributed by atoms with Gasteiger partial charge >= 0.3 is 14.6 Å².